The topological polar surface area (TPSA) is 82.1 Å². The minimum atomic E-state index is -3.59. The first kappa shape index (κ1) is 18.8. The number of benzene rings is 2. The van der Waals surface area contributed by atoms with E-state index in [2.05, 4.69) is 14.6 Å². The third-order valence-corrected chi connectivity index (χ3v) is 6.47. The molecule has 1 saturated heterocycles. The van der Waals surface area contributed by atoms with Crippen LogP contribution in [-0.2, 0) is 14.8 Å². The average Bonchev–Trinajstić information content (AvgIpc) is 2.97. The van der Waals surface area contributed by atoms with Crippen molar-refractivity contribution in [3.63, 3.8) is 0 Å². The lowest BCUT2D eigenvalue weighted by Crippen LogP contribution is -2.49. The zero-order valence-corrected chi connectivity index (χ0v) is 16.6. The lowest BCUT2D eigenvalue weighted by molar-refractivity contribution is -0.129. The van der Waals surface area contributed by atoms with Crippen molar-refractivity contribution < 1.29 is 13.2 Å². The summed E-state index contributed by atoms with van der Waals surface area (Å²) >= 11 is 6.05. The highest BCUT2D eigenvalue weighted by Crippen LogP contribution is 2.23. The first-order chi connectivity index (χ1) is 13.4. The Balaban J connectivity index is 1.39. The number of aliphatic imine (C=N–C) groups is 1. The molecule has 2 heterocycles. The van der Waals surface area contributed by atoms with Gasteiger partial charge in [0.15, 0.2) is 0 Å². The molecule has 1 N–H and O–H groups in total. The predicted molar refractivity (Wildman–Crippen MR) is 108 cm³/mol. The number of nitrogens with zero attached hydrogens (tertiary/aromatic N) is 3. The van der Waals surface area contributed by atoms with Gasteiger partial charge in [-0.05, 0) is 30.3 Å². The highest BCUT2D eigenvalue weighted by Gasteiger charge is 2.30. The van der Waals surface area contributed by atoms with Crippen molar-refractivity contribution >= 4 is 39.1 Å². The number of sulfonamides is 1. The maximum Gasteiger partial charge on any atom is 0.263 e. The van der Waals surface area contributed by atoms with Crippen LogP contribution in [0.3, 0.4) is 0 Å². The summed E-state index contributed by atoms with van der Waals surface area (Å²) in [7, 11) is -3.59. The molecule has 0 aliphatic carbocycles. The number of hydrogen-bond acceptors (Lipinski definition) is 5. The molecule has 0 unspecified atom stereocenters. The molecule has 9 heteroatoms. The second kappa shape index (κ2) is 7.44. The third-order valence-electron chi connectivity index (χ3n) is 4.84. The summed E-state index contributed by atoms with van der Waals surface area (Å²) in [6, 6.07) is 14.3. The molecule has 0 spiro atoms. The van der Waals surface area contributed by atoms with Gasteiger partial charge in [0.2, 0.25) is 5.91 Å². The molecule has 0 radical (unpaired) electrons. The van der Waals surface area contributed by atoms with Crippen molar-refractivity contribution in [3.8, 4) is 0 Å². The Labute approximate surface area is 168 Å². The molecule has 0 atom stereocenters. The molecule has 0 saturated carbocycles. The molecule has 7 nitrogen and oxygen atoms in total. The zero-order valence-electron chi connectivity index (χ0n) is 15.0. The summed E-state index contributed by atoms with van der Waals surface area (Å²) in [5.41, 5.74) is 1.54. The fourth-order valence-corrected chi connectivity index (χ4v) is 4.82. The van der Waals surface area contributed by atoms with E-state index in [0.29, 0.717) is 36.8 Å². The maximum absolute atomic E-state index is 12.5. The Hall–Kier alpha value is -2.58. The zero-order chi connectivity index (χ0) is 19.7. The molecule has 2 aromatic carbocycles. The van der Waals surface area contributed by atoms with Crippen molar-refractivity contribution in [2.45, 2.75) is 4.90 Å². The Kier molecular flexibility index (Phi) is 4.99. The second-order valence-corrected chi connectivity index (χ2v) is 8.70. The lowest BCUT2D eigenvalue weighted by Gasteiger charge is -2.36. The van der Waals surface area contributed by atoms with Crippen molar-refractivity contribution in [1.82, 2.24) is 9.62 Å². The normalized spacial score (nSPS) is 19.4. The molecular formula is C19H19ClN4O3S. The van der Waals surface area contributed by atoms with E-state index in [1.54, 1.807) is 23.1 Å². The van der Waals surface area contributed by atoms with Crippen LogP contribution in [0.4, 0.5) is 5.69 Å². The molecule has 0 aromatic heterocycles. The monoisotopic (exact) mass is 418 g/mol. The van der Waals surface area contributed by atoms with Gasteiger partial charge < -0.3 is 9.80 Å². The summed E-state index contributed by atoms with van der Waals surface area (Å²) < 4.78 is 26.6. The van der Waals surface area contributed by atoms with Crippen LogP contribution < -0.4 is 9.62 Å². The van der Waals surface area contributed by atoms with Gasteiger partial charge in [0.25, 0.3) is 10.0 Å². The Morgan fingerprint density at radius 1 is 1.07 bits per heavy atom. The Morgan fingerprint density at radius 2 is 1.82 bits per heavy atom. The van der Waals surface area contributed by atoms with E-state index >= 15 is 0 Å². The number of carbonyl (C=O) groups excluding carboxylic acids is 1. The number of rotatable bonds is 3. The smallest absolute Gasteiger partial charge is 0.263 e. The first-order valence-electron chi connectivity index (χ1n) is 8.89. The Bertz CT molecular complexity index is 1050. The quantitative estimate of drug-likeness (QED) is 0.822. The minimum absolute atomic E-state index is 0.0939. The number of anilines is 1. The largest absolute Gasteiger partial charge is 0.368 e. The highest BCUT2D eigenvalue weighted by atomic mass is 35.5. The highest BCUT2D eigenvalue weighted by molar-refractivity contribution is 7.90. The van der Waals surface area contributed by atoms with Gasteiger partial charge in [-0.1, -0.05) is 29.8 Å². The summed E-state index contributed by atoms with van der Waals surface area (Å²) in [4.78, 5) is 20.9. The predicted octanol–water partition coefficient (Wildman–Crippen LogP) is 1.73. The van der Waals surface area contributed by atoms with Crippen LogP contribution in [0.2, 0.25) is 5.02 Å². The van der Waals surface area contributed by atoms with Crippen LogP contribution in [0.25, 0.3) is 0 Å². The summed E-state index contributed by atoms with van der Waals surface area (Å²) in [6.45, 7) is 2.48. The molecule has 0 bridgehead atoms. The van der Waals surface area contributed by atoms with E-state index in [9.17, 15) is 13.2 Å². The molecule has 2 aliphatic heterocycles. The lowest BCUT2D eigenvalue weighted by atomic mass is 10.2. The number of piperazine rings is 1. The molecule has 1 fully saturated rings. The van der Waals surface area contributed by atoms with Crippen molar-refractivity contribution in [1.29, 1.82) is 0 Å². The third kappa shape index (κ3) is 3.70. The summed E-state index contributed by atoms with van der Waals surface area (Å²) in [6.07, 6.45) is 0. The standard InChI is InChI=1S/C19H19ClN4O3S/c20-14-4-3-5-15(12-14)23-8-10-24(11-9-23)18(25)13-21-19-16-6-1-2-7-17(16)28(26,27)22-19/h1-7,12H,8-11,13H2,(H,21,22). The van der Waals surface area contributed by atoms with Crippen LogP contribution in [-0.4, -0.2) is 57.8 Å². The molecule has 146 valence electrons. The molecule has 28 heavy (non-hydrogen) atoms. The van der Waals surface area contributed by atoms with Crippen molar-refractivity contribution in [2.24, 2.45) is 4.99 Å². The average molecular weight is 419 g/mol. The van der Waals surface area contributed by atoms with E-state index < -0.39 is 10.0 Å². The summed E-state index contributed by atoms with van der Waals surface area (Å²) in [5.74, 6) is 0.100. The number of amidine groups is 1. The van der Waals surface area contributed by atoms with Crippen LogP contribution in [0.5, 0.6) is 0 Å². The van der Waals surface area contributed by atoms with E-state index in [0.717, 1.165) is 5.69 Å². The summed E-state index contributed by atoms with van der Waals surface area (Å²) in [5, 5.41) is 0.686. The molecular weight excluding hydrogens is 400 g/mol. The van der Waals surface area contributed by atoms with Gasteiger partial charge in [-0.15, -0.1) is 0 Å². The van der Waals surface area contributed by atoms with Gasteiger partial charge in [0, 0.05) is 42.5 Å². The van der Waals surface area contributed by atoms with E-state index in [-0.39, 0.29) is 23.2 Å². The molecule has 2 aromatic rings. The SMILES string of the molecule is O=C(CN=C1NS(=O)(=O)c2ccccc21)N1CCN(c2cccc(Cl)c2)CC1. The fourth-order valence-electron chi connectivity index (χ4n) is 3.38. The van der Waals surface area contributed by atoms with Gasteiger partial charge in [-0.25, -0.2) is 8.42 Å². The van der Waals surface area contributed by atoms with E-state index in [1.807, 2.05) is 24.3 Å². The van der Waals surface area contributed by atoms with Crippen LogP contribution in [0, 0.1) is 0 Å². The van der Waals surface area contributed by atoms with Gasteiger partial charge in [0.1, 0.15) is 12.4 Å². The number of amides is 1. The second-order valence-electron chi connectivity index (χ2n) is 6.61. The molecule has 4 rings (SSSR count). The number of fused-ring (bicyclic) bond motifs is 1. The van der Waals surface area contributed by atoms with Gasteiger partial charge in [-0.2, -0.15) is 0 Å². The molecule has 2 aliphatic rings. The number of halogens is 1. The van der Waals surface area contributed by atoms with Crippen LogP contribution in [0.15, 0.2) is 58.4 Å². The van der Waals surface area contributed by atoms with Crippen LogP contribution in [0.1, 0.15) is 5.56 Å². The van der Waals surface area contributed by atoms with Crippen molar-refractivity contribution in [2.75, 3.05) is 37.6 Å². The first-order valence-corrected chi connectivity index (χ1v) is 10.8. The van der Waals surface area contributed by atoms with Gasteiger partial charge >= 0.3 is 0 Å². The van der Waals surface area contributed by atoms with E-state index in [1.165, 1.54) is 6.07 Å². The Morgan fingerprint density at radius 3 is 2.57 bits per heavy atom. The van der Waals surface area contributed by atoms with Gasteiger partial charge in [-0.3, -0.25) is 14.5 Å². The van der Waals surface area contributed by atoms with E-state index in [4.69, 9.17) is 11.6 Å². The fraction of sp³-hybridized carbons (Fsp3) is 0.263. The van der Waals surface area contributed by atoms with Crippen LogP contribution >= 0.6 is 11.6 Å². The number of hydrogen-bond donors (Lipinski definition) is 1. The van der Waals surface area contributed by atoms with Crippen molar-refractivity contribution in [3.05, 3.63) is 59.1 Å². The molecule has 1 amide bonds. The van der Waals surface area contributed by atoms with Gasteiger partial charge in [0.05, 0.1) is 4.90 Å². The maximum atomic E-state index is 12.5. The minimum Gasteiger partial charge on any atom is -0.368 e. The number of carbonyl (C=O) groups is 1. The number of nitrogens with one attached hydrogen (secondary N) is 1.